The lowest BCUT2D eigenvalue weighted by Gasteiger charge is -2.09. The Hall–Kier alpha value is -1.55. The first-order chi connectivity index (χ1) is 8.04. The lowest BCUT2D eigenvalue weighted by Crippen LogP contribution is -2.02. The Morgan fingerprint density at radius 2 is 2.12 bits per heavy atom. The van der Waals surface area contributed by atoms with Gasteiger partial charge in [-0.25, -0.2) is 4.39 Å². The number of halogens is 1. The van der Waals surface area contributed by atoms with Crippen LogP contribution in [-0.4, -0.2) is 16.2 Å². The van der Waals surface area contributed by atoms with Gasteiger partial charge in [-0.3, -0.25) is 0 Å². The maximum absolute atomic E-state index is 13.3. The second kappa shape index (κ2) is 4.37. The standard InChI is InChI=1S/C13H17FN2O/c1-8(2)16-7-9(3-4-15)13-11(16)5-10(14)6-12(13)17/h5-8,17H,3-4,15H2,1-2H3. The van der Waals surface area contributed by atoms with Gasteiger partial charge >= 0.3 is 0 Å². The monoisotopic (exact) mass is 236 g/mol. The summed E-state index contributed by atoms with van der Waals surface area (Å²) < 4.78 is 15.3. The van der Waals surface area contributed by atoms with Gasteiger partial charge in [0.15, 0.2) is 0 Å². The zero-order chi connectivity index (χ0) is 12.6. The smallest absolute Gasteiger partial charge is 0.129 e. The van der Waals surface area contributed by atoms with Crippen molar-refractivity contribution < 1.29 is 9.50 Å². The van der Waals surface area contributed by atoms with Crippen LogP contribution >= 0.6 is 0 Å². The van der Waals surface area contributed by atoms with Crippen molar-refractivity contribution in [2.45, 2.75) is 26.3 Å². The third-order valence-corrected chi connectivity index (χ3v) is 2.93. The third kappa shape index (κ3) is 2.00. The molecule has 0 unspecified atom stereocenters. The van der Waals surface area contributed by atoms with Gasteiger partial charge in [-0.1, -0.05) is 0 Å². The summed E-state index contributed by atoms with van der Waals surface area (Å²) in [4.78, 5) is 0. The van der Waals surface area contributed by atoms with Crippen molar-refractivity contribution in [1.82, 2.24) is 4.57 Å². The van der Waals surface area contributed by atoms with E-state index in [4.69, 9.17) is 5.73 Å². The molecule has 0 saturated heterocycles. The molecule has 0 atom stereocenters. The van der Waals surface area contributed by atoms with Gasteiger partial charge < -0.3 is 15.4 Å². The first kappa shape index (κ1) is 11.9. The molecular weight excluding hydrogens is 219 g/mol. The Morgan fingerprint density at radius 1 is 1.41 bits per heavy atom. The minimum atomic E-state index is -0.422. The lowest BCUT2D eigenvalue weighted by molar-refractivity contribution is 0.475. The van der Waals surface area contributed by atoms with Crippen LogP contribution in [0.3, 0.4) is 0 Å². The number of nitrogens with two attached hydrogens (primary N) is 1. The van der Waals surface area contributed by atoms with E-state index >= 15 is 0 Å². The van der Waals surface area contributed by atoms with E-state index in [9.17, 15) is 9.50 Å². The van der Waals surface area contributed by atoms with E-state index in [1.807, 2.05) is 24.6 Å². The highest BCUT2D eigenvalue weighted by Crippen LogP contribution is 2.32. The quantitative estimate of drug-likeness (QED) is 0.860. The Labute approximate surface area is 99.7 Å². The number of aromatic hydroxyl groups is 1. The number of nitrogens with zero attached hydrogens (tertiary/aromatic N) is 1. The maximum Gasteiger partial charge on any atom is 0.129 e. The van der Waals surface area contributed by atoms with Crippen molar-refractivity contribution in [3.05, 3.63) is 29.7 Å². The van der Waals surface area contributed by atoms with Gasteiger partial charge in [0, 0.05) is 23.7 Å². The van der Waals surface area contributed by atoms with Crippen LogP contribution in [0.25, 0.3) is 10.9 Å². The minimum absolute atomic E-state index is 0.0112. The van der Waals surface area contributed by atoms with Crippen LogP contribution in [0.4, 0.5) is 4.39 Å². The Morgan fingerprint density at radius 3 is 2.71 bits per heavy atom. The number of phenolic OH excluding ortho intramolecular Hbond substituents is 1. The zero-order valence-electron chi connectivity index (χ0n) is 10.1. The summed E-state index contributed by atoms with van der Waals surface area (Å²) in [5.41, 5.74) is 7.24. The summed E-state index contributed by atoms with van der Waals surface area (Å²) in [7, 11) is 0. The molecule has 1 aromatic heterocycles. The van der Waals surface area contributed by atoms with E-state index in [2.05, 4.69) is 0 Å². The molecule has 4 heteroatoms. The fraction of sp³-hybridized carbons (Fsp3) is 0.385. The number of hydrogen-bond donors (Lipinski definition) is 2. The van der Waals surface area contributed by atoms with E-state index in [1.54, 1.807) is 0 Å². The summed E-state index contributed by atoms with van der Waals surface area (Å²) in [6.45, 7) is 4.55. The topological polar surface area (TPSA) is 51.2 Å². The van der Waals surface area contributed by atoms with Crippen LogP contribution < -0.4 is 5.73 Å². The predicted molar refractivity (Wildman–Crippen MR) is 66.7 cm³/mol. The summed E-state index contributed by atoms with van der Waals surface area (Å²) in [6.07, 6.45) is 2.62. The average Bonchev–Trinajstić information content (AvgIpc) is 2.57. The number of aromatic nitrogens is 1. The first-order valence-corrected chi connectivity index (χ1v) is 5.76. The molecule has 92 valence electrons. The Bertz CT molecular complexity index is 546. The number of phenols is 1. The van der Waals surface area contributed by atoms with Crippen LogP contribution in [0.2, 0.25) is 0 Å². The van der Waals surface area contributed by atoms with Gasteiger partial charge in [-0.2, -0.15) is 0 Å². The molecule has 1 aromatic carbocycles. The van der Waals surface area contributed by atoms with Crippen LogP contribution in [0.5, 0.6) is 5.75 Å². The molecule has 0 bridgehead atoms. The van der Waals surface area contributed by atoms with Gasteiger partial charge in [-0.05, 0) is 38.4 Å². The molecule has 2 rings (SSSR count). The second-order valence-corrected chi connectivity index (χ2v) is 4.51. The predicted octanol–water partition coefficient (Wildman–Crippen LogP) is 2.57. The summed E-state index contributed by atoms with van der Waals surface area (Å²) in [5.74, 6) is -0.433. The Kier molecular flexibility index (Phi) is 3.07. The van der Waals surface area contributed by atoms with Crippen molar-refractivity contribution in [3.63, 3.8) is 0 Å². The van der Waals surface area contributed by atoms with Gasteiger partial charge in [-0.15, -0.1) is 0 Å². The maximum atomic E-state index is 13.3. The first-order valence-electron chi connectivity index (χ1n) is 5.76. The normalized spacial score (nSPS) is 11.6. The highest BCUT2D eigenvalue weighted by molar-refractivity contribution is 5.90. The summed E-state index contributed by atoms with van der Waals surface area (Å²) in [6, 6.07) is 2.81. The number of benzene rings is 1. The minimum Gasteiger partial charge on any atom is -0.507 e. The van der Waals surface area contributed by atoms with E-state index in [0.29, 0.717) is 18.4 Å². The molecule has 17 heavy (non-hydrogen) atoms. The second-order valence-electron chi connectivity index (χ2n) is 4.51. The van der Waals surface area contributed by atoms with E-state index < -0.39 is 5.82 Å². The fourth-order valence-electron chi connectivity index (χ4n) is 2.19. The molecule has 3 nitrogen and oxygen atoms in total. The molecule has 2 aromatic rings. The highest BCUT2D eigenvalue weighted by Gasteiger charge is 2.14. The third-order valence-electron chi connectivity index (χ3n) is 2.93. The number of fused-ring (bicyclic) bond motifs is 1. The van der Waals surface area contributed by atoms with Crippen LogP contribution in [0, 0.1) is 5.82 Å². The van der Waals surface area contributed by atoms with Crippen molar-refractivity contribution >= 4 is 10.9 Å². The molecule has 0 spiro atoms. The molecule has 0 amide bonds. The van der Waals surface area contributed by atoms with Crippen molar-refractivity contribution in [2.75, 3.05) is 6.54 Å². The molecule has 0 saturated carbocycles. The molecule has 1 heterocycles. The zero-order valence-corrected chi connectivity index (χ0v) is 10.1. The van der Waals surface area contributed by atoms with Crippen LogP contribution in [0.15, 0.2) is 18.3 Å². The van der Waals surface area contributed by atoms with Crippen molar-refractivity contribution in [2.24, 2.45) is 5.73 Å². The van der Waals surface area contributed by atoms with Crippen molar-refractivity contribution in [1.29, 1.82) is 0 Å². The summed E-state index contributed by atoms with van der Waals surface area (Å²) in [5, 5.41) is 10.6. The highest BCUT2D eigenvalue weighted by atomic mass is 19.1. The number of hydrogen-bond acceptors (Lipinski definition) is 2. The van der Waals surface area contributed by atoms with E-state index in [1.165, 1.54) is 6.07 Å². The SMILES string of the molecule is CC(C)n1cc(CCN)c2c(O)cc(F)cc21. The van der Waals surface area contributed by atoms with E-state index in [-0.39, 0.29) is 11.8 Å². The van der Waals surface area contributed by atoms with Gasteiger partial charge in [0.1, 0.15) is 11.6 Å². The molecule has 0 aliphatic carbocycles. The lowest BCUT2D eigenvalue weighted by atomic mass is 10.1. The van der Waals surface area contributed by atoms with E-state index in [0.717, 1.165) is 17.1 Å². The molecule has 0 radical (unpaired) electrons. The molecular formula is C13H17FN2O. The summed E-state index contributed by atoms with van der Waals surface area (Å²) >= 11 is 0. The largest absolute Gasteiger partial charge is 0.507 e. The van der Waals surface area contributed by atoms with Gasteiger partial charge in [0.25, 0.3) is 0 Å². The molecule has 0 aliphatic rings. The molecule has 0 fully saturated rings. The van der Waals surface area contributed by atoms with Crippen LogP contribution in [-0.2, 0) is 6.42 Å². The van der Waals surface area contributed by atoms with Gasteiger partial charge in [0.2, 0.25) is 0 Å². The molecule has 3 N–H and O–H groups in total. The molecule has 0 aliphatic heterocycles. The Balaban J connectivity index is 2.76. The number of rotatable bonds is 3. The van der Waals surface area contributed by atoms with Crippen LogP contribution in [0.1, 0.15) is 25.5 Å². The average molecular weight is 236 g/mol. The fourth-order valence-corrected chi connectivity index (χ4v) is 2.19. The van der Waals surface area contributed by atoms with Gasteiger partial charge in [0.05, 0.1) is 5.52 Å². The van der Waals surface area contributed by atoms with Crippen molar-refractivity contribution in [3.8, 4) is 5.75 Å².